The van der Waals surface area contributed by atoms with Crippen molar-refractivity contribution in [2.24, 2.45) is 5.92 Å². The van der Waals surface area contributed by atoms with E-state index in [9.17, 15) is 4.39 Å². The van der Waals surface area contributed by atoms with Gasteiger partial charge in [-0.15, -0.1) is 0 Å². The molecule has 4 heteroatoms. The molecule has 0 saturated heterocycles. The largest absolute Gasteiger partial charge is 0.312 e. The molecule has 0 bridgehead atoms. The van der Waals surface area contributed by atoms with E-state index >= 15 is 0 Å². The third-order valence-corrected chi connectivity index (χ3v) is 3.49. The van der Waals surface area contributed by atoms with Gasteiger partial charge in [0.15, 0.2) is 0 Å². The summed E-state index contributed by atoms with van der Waals surface area (Å²) in [7, 11) is 0. The fraction of sp³-hybridized carbons (Fsp3) is 0.455. The summed E-state index contributed by atoms with van der Waals surface area (Å²) in [5.41, 5.74) is 0.818. The van der Waals surface area contributed by atoms with Crippen LogP contribution in [0.5, 0.6) is 0 Å². The van der Waals surface area contributed by atoms with Crippen LogP contribution in [0, 0.1) is 11.7 Å². The topological polar surface area (TPSA) is 12.0 Å². The molecule has 2 rings (SSSR count). The average molecular weight is 293 g/mol. The SMILES string of the molecule is Fc1cc(CNCC2CC2)c(Cl)cc1Br. The first kappa shape index (κ1) is 11.4. The average Bonchev–Trinajstić information content (AvgIpc) is 2.97. The van der Waals surface area contributed by atoms with E-state index < -0.39 is 0 Å². The van der Waals surface area contributed by atoms with Crippen molar-refractivity contribution >= 4 is 27.5 Å². The summed E-state index contributed by atoms with van der Waals surface area (Å²) >= 11 is 9.10. The van der Waals surface area contributed by atoms with Gasteiger partial charge in [-0.25, -0.2) is 4.39 Å². The first-order chi connectivity index (χ1) is 7.16. The third-order valence-electron chi connectivity index (χ3n) is 2.53. The van der Waals surface area contributed by atoms with E-state index in [1.165, 1.54) is 18.9 Å². The van der Waals surface area contributed by atoms with Crippen LogP contribution in [0.15, 0.2) is 16.6 Å². The molecule has 1 saturated carbocycles. The Morgan fingerprint density at radius 3 is 2.87 bits per heavy atom. The molecule has 1 aromatic rings. The monoisotopic (exact) mass is 291 g/mol. The maximum absolute atomic E-state index is 13.2. The van der Waals surface area contributed by atoms with Gasteiger partial charge < -0.3 is 5.32 Å². The van der Waals surface area contributed by atoms with Gasteiger partial charge in [-0.05, 0) is 58.9 Å². The molecular formula is C11H12BrClFN. The number of benzene rings is 1. The van der Waals surface area contributed by atoms with E-state index in [0.29, 0.717) is 16.0 Å². The molecule has 1 aromatic carbocycles. The Morgan fingerprint density at radius 1 is 1.47 bits per heavy atom. The molecule has 0 unspecified atom stereocenters. The smallest absolute Gasteiger partial charge is 0.137 e. The van der Waals surface area contributed by atoms with Crippen LogP contribution in [-0.2, 0) is 6.54 Å². The lowest BCUT2D eigenvalue weighted by Gasteiger charge is -2.07. The Morgan fingerprint density at radius 2 is 2.20 bits per heavy atom. The highest BCUT2D eigenvalue weighted by atomic mass is 79.9. The fourth-order valence-corrected chi connectivity index (χ4v) is 2.14. The van der Waals surface area contributed by atoms with Crippen LogP contribution in [0.2, 0.25) is 5.02 Å². The van der Waals surface area contributed by atoms with Gasteiger partial charge in [-0.1, -0.05) is 11.6 Å². The van der Waals surface area contributed by atoms with Gasteiger partial charge >= 0.3 is 0 Å². The van der Waals surface area contributed by atoms with Crippen molar-refractivity contribution in [1.29, 1.82) is 0 Å². The summed E-state index contributed by atoms with van der Waals surface area (Å²) in [5.74, 6) is 0.562. The Hall–Kier alpha value is -0.120. The summed E-state index contributed by atoms with van der Waals surface area (Å²) < 4.78 is 13.6. The Bertz CT molecular complexity index is 366. The lowest BCUT2D eigenvalue weighted by atomic mass is 10.2. The molecule has 0 heterocycles. The summed E-state index contributed by atoms with van der Waals surface area (Å²) in [4.78, 5) is 0. The highest BCUT2D eigenvalue weighted by Crippen LogP contribution is 2.28. The minimum Gasteiger partial charge on any atom is -0.312 e. The summed E-state index contributed by atoms with van der Waals surface area (Å²) in [6.45, 7) is 1.65. The Balaban J connectivity index is 1.96. The molecule has 0 aromatic heterocycles. The molecule has 1 N–H and O–H groups in total. The van der Waals surface area contributed by atoms with Gasteiger partial charge in [0.1, 0.15) is 5.82 Å². The maximum Gasteiger partial charge on any atom is 0.137 e. The van der Waals surface area contributed by atoms with Gasteiger partial charge in [0.05, 0.1) is 4.47 Å². The number of hydrogen-bond donors (Lipinski definition) is 1. The van der Waals surface area contributed by atoms with Crippen LogP contribution >= 0.6 is 27.5 Å². The second-order valence-electron chi connectivity index (χ2n) is 3.93. The lowest BCUT2D eigenvalue weighted by molar-refractivity contribution is 0.608. The van der Waals surface area contributed by atoms with E-state index in [0.717, 1.165) is 18.0 Å². The lowest BCUT2D eigenvalue weighted by Crippen LogP contribution is -2.16. The normalized spacial score (nSPS) is 15.7. The molecule has 1 aliphatic rings. The molecule has 0 aliphatic heterocycles. The standard InChI is InChI=1S/C11H12BrClFN/c12-9-4-10(13)8(3-11(9)14)6-15-5-7-1-2-7/h3-4,7,15H,1-2,5-6H2. The number of halogens is 3. The first-order valence-corrected chi connectivity index (χ1v) is 6.18. The maximum atomic E-state index is 13.2. The zero-order valence-corrected chi connectivity index (χ0v) is 10.5. The van der Waals surface area contributed by atoms with Gasteiger partial charge in [-0.3, -0.25) is 0 Å². The van der Waals surface area contributed by atoms with Crippen LogP contribution < -0.4 is 5.32 Å². The predicted molar refractivity (Wildman–Crippen MR) is 63.5 cm³/mol. The molecule has 0 atom stereocenters. The predicted octanol–water partition coefficient (Wildman–Crippen LogP) is 3.74. The van der Waals surface area contributed by atoms with Crippen LogP contribution in [-0.4, -0.2) is 6.54 Å². The molecule has 0 amide bonds. The van der Waals surface area contributed by atoms with Crippen molar-refractivity contribution < 1.29 is 4.39 Å². The molecule has 1 nitrogen and oxygen atoms in total. The van der Waals surface area contributed by atoms with Crippen LogP contribution in [0.25, 0.3) is 0 Å². The molecule has 15 heavy (non-hydrogen) atoms. The second kappa shape index (κ2) is 4.81. The minimum atomic E-state index is -0.261. The van der Waals surface area contributed by atoms with E-state index in [4.69, 9.17) is 11.6 Å². The van der Waals surface area contributed by atoms with Crippen molar-refractivity contribution in [2.75, 3.05) is 6.54 Å². The van der Waals surface area contributed by atoms with Crippen molar-refractivity contribution in [3.05, 3.63) is 33.0 Å². The van der Waals surface area contributed by atoms with Crippen LogP contribution in [0.3, 0.4) is 0 Å². The van der Waals surface area contributed by atoms with Crippen LogP contribution in [0.1, 0.15) is 18.4 Å². The zero-order valence-electron chi connectivity index (χ0n) is 8.19. The zero-order chi connectivity index (χ0) is 10.8. The first-order valence-electron chi connectivity index (χ1n) is 5.01. The quantitative estimate of drug-likeness (QED) is 0.834. The summed E-state index contributed by atoms with van der Waals surface area (Å²) in [6, 6.07) is 3.08. The molecule has 1 fully saturated rings. The van der Waals surface area contributed by atoms with Crippen molar-refractivity contribution in [1.82, 2.24) is 5.32 Å². The van der Waals surface area contributed by atoms with Gasteiger partial charge in [0.2, 0.25) is 0 Å². The van der Waals surface area contributed by atoms with Gasteiger partial charge in [0, 0.05) is 11.6 Å². The van der Waals surface area contributed by atoms with Gasteiger partial charge in [-0.2, -0.15) is 0 Å². The third kappa shape index (κ3) is 3.16. The Kier molecular flexibility index (Phi) is 3.65. The van der Waals surface area contributed by atoms with E-state index in [-0.39, 0.29) is 5.82 Å². The molecule has 82 valence electrons. The van der Waals surface area contributed by atoms with E-state index in [2.05, 4.69) is 21.2 Å². The minimum absolute atomic E-state index is 0.261. The van der Waals surface area contributed by atoms with Crippen LogP contribution in [0.4, 0.5) is 4.39 Å². The summed E-state index contributed by atoms with van der Waals surface area (Å²) in [5, 5.41) is 3.89. The molecule has 0 radical (unpaired) electrons. The van der Waals surface area contributed by atoms with E-state index in [1.807, 2.05) is 0 Å². The molecule has 0 spiro atoms. The number of nitrogens with one attached hydrogen (secondary N) is 1. The number of hydrogen-bond acceptors (Lipinski definition) is 1. The van der Waals surface area contributed by atoms with Crippen molar-refractivity contribution in [2.45, 2.75) is 19.4 Å². The molecule has 1 aliphatic carbocycles. The summed E-state index contributed by atoms with van der Waals surface area (Å²) in [6.07, 6.45) is 2.63. The Labute approximate surface area is 102 Å². The fourth-order valence-electron chi connectivity index (χ4n) is 1.43. The number of rotatable bonds is 4. The van der Waals surface area contributed by atoms with Crippen molar-refractivity contribution in [3.8, 4) is 0 Å². The van der Waals surface area contributed by atoms with Gasteiger partial charge in [0.25, 0.3) is 0 Å². The van der Waals surface area contributed by atoms with Crippen molar-refractivity contribution in [3.63, 3.8) is 0 Å². The van der Waals surface area contributed by atoms with E-state index in [1.54, 1.807) is 6.07 Å². The molecular weight excluding hydrogens is 280 g/mol. The highest BCUT2D eigenvalue weighted by molar-refractivity contribution is 9.10. The second-order valence-corrected chi connectivity index (χ2v) is 5.19. The highest BCUT2D eigenvalue weighted by Gasteiger charge is 2.20.